The first-order valence-corrected chi connectivity index (χ1v) is 5.42. The Bertz CT molecular complexity index is 453. The molecule has 1 nitrogen and oxygen atoms in total. The predicted molar refractivity (Wildman–Crippen MR) is 59.1 cm³/mol. The van der Waals surface area contributed by atoms with Crippen LogP contribution in [0.1, 0.15) is 34.8 Å². The minimum atomic E-state index is -4.76. The van der Waals surface area contributed by atoms with Crippen molar-refractivity contribution < 1.29 is 26.7 Å². The molecule has 0 radical (unpaired) electrons. The van der Waals surface area contributed by atoms with Crippen LogP contribution in [0.2, 0.25) is 0 Å². The normalized spacial score (nSPS) is 12.0. The van der Waals surface area contributed by atoms with Gasteiger partial charge in [0.2, 0.25) is 0 Å². The first-order chi connectivity index (χ1) is 7.64. The summed E-state index contributed by atoms with van der Waals surface area (Å²) in [5, 5.41) is 0. The first kappa shape index (κ1) is 14.3. The summed E-state index contributed by atoms with van der Waals surface area (Å²) in [6.45, 7) is 1.03. The van der Waals surface area contributed by atoms with Gasteiger partial charge in [-0.05, 0) is 41.6 Å². The van der Waals surface area contributed by atoms with E-state index in [1.807, 2.05) is 0 Å². The molecule has 0 bridgehead atoms. The maximum atomic E-state index is 12.6. The molecule has 0 unspecified atom stereocenters. The van der Waals surface area contributed by atoms with Crippen LogP contribution >= 0.6 is 22.6 Å². The zero-order chi connectivity index (χ0) is 13.4. The molecule has 0 heterocycles. The number of benzene rings is 1. The van der Waals surface area contributed by atoms with Crippen LogP contribution in [0.4, 0.5) is 22.0 Å². The van der Waals surface area contributed by atoms with Crippen molar-refractivity contribution in [1.82, 2.24) is 0 Å². The molecule has 0 spiro atoms. The van der Waals surface area contributed by atoms with Crippen LogP contribution in [0, 0.1) is 3.57 Å². The quantitative estimate of drug-likeness (QED) is 0.431. The van der Waals surface area contributed by atoms with Gasteiger partial charge in [0, 0.05) is 14.7 Å². The van der Waals surface area contributed by atoms with Crippen LogP contribution in [-0.2, 0) is 6.18 Å². The summed E-state index contributed by atoms with van der Waals surface area (Å²) in [5.41, 5.74) is -2.35. The summed E-state index contributed by atoms with van der Waals surface area (Å²) >= 11 is 1.21. The molecule has 94 valence electrons. The summed E-state index contributed by atoms with van der Waals surface area (Å²) in [6, 6.07) is 1.39. The number of alkyl halides is 5. The highest BCUT2D eigenvalue weighted by molar-refractivity contribution is 14.1. The highest BCUT2D eigenvalue weighted by atomic mass is 127. The van der Waals surface area contributed by atoms with E-state index in [1.54, 1.807) is 0 Å². The number of rotatable bonds is 2. The number of carbonyl (C=O) groups excluding carboxylic acids is 1. The van der Waals surface area contributed by atoms with Crippen LogP contribution in [-0.4, -0.2) is 5.78 Å². The van der Waals surface area contributed by atoms with Crippen LogP contribution in [0.5, 0.6) is 0 Å². The van der Waals surface area contributed by atoms with Gasteiger partial charge in [-0.2, -0.15) is 13.2 Å². The van der Waals surface area contributed by atoms with Gasteiger partial charge in [-0.3, -0.25) is 4.79 Å². The Morgan fingerprint density at radius 1 is 1.29 bits per heavy atom. The van der Waals surface area contributed by atoms with Gasteiger partial charge in [0.25, 0.3) is 6.43 Å². The fraction of sp³-hybridized carbons (Fsp3) is 0.300. The van der Waals surface area contributed by atoms with Crippen LogP contribution in [0.15, 0.2) is 12.1 Å². The molecule has 0 amide bonds. The van der Waals surface area contributed by atoms with Crippen molar-refractivity contribution in [1.29, 1.82) is 0 Å². The maximum absolute atomic E-state index is 12.6. The summed E-state index contributed by atoms with van der Waals surface area (Å²) in [4.78, 5) is 11.0. The van der Waals surface area contributed by atoms with Gasteiger partial charge >= 0.3 is 6.18 Å². The lowest BCUT2D eigenvalue weighted by Crippen LogP contribution is -2.12. The summed E-state index contributed by atoms with van der Waals surface area (Å²) < 4.78 is 62.3. The van der Waals surface area contributed by atoms with Crippen molar-refractivity contribution in [2.75, 3.05) is 0 Å². The molecule has 0 atom stereocenters. The first-order valence-electron chi connectivity index (χ1n) is 4.34. The molecule has 17 heavy (non-hydrogen) atoms. The lowest BCUT2D eigenvalue weighted by atomic mass is 10.0. The molecule has 0 aliphatic heterocycles. The Morgan fingerprint density at radius 2 is 1.82 bits per heavy atom. The largest absolute Gasteiger partial charge is 0.417 e. The second-order valence-corrected chi connectivity index (χ2v) is 4.36. The lowest BCUT2D eigenvalue weighted by Gasteiger charge is -2.14. The molecular weight excluding hydrogens is 358 g/mol. The predicted octanol–water partition coefficient (Wildman–Crippen LogP) is 4.45. The van der Waals surface area contributed by atoms with Crippen LogP contribution in [0.25, 0.3) is 0 Å². The zero-order valence-corrected chi connectivity index (χ0v) is 10.6. The number of ketones is 1. The second kappa shape index (κ2) is 4.87. The highest BCUT2D eigenvalue weighted by Gasteiger charge is 2.35. The van der Waals surface area contributed by atoms with E-state index in [4.69, 9.17) is 0 Å². The fourth-order valence-electron chi connectivity index (χ4n) is 1.22. The summed E-state index contributed by atoms with van der Waals surface area (Å²) in [7, 11) is 0. The number of hydrogen-bond acceptors (Lipinski definition) is 1. The molecule has 1 aromatic rings. The third-order valence-electron chi connectivity index (χ3n) is 2.05. The van der Waals surface area contributed by atoms with Crippen molar-refractivity contribution in [2.24, 2.45) is 0 Å². The van der Waals surface area contributed by atoms with Gasteiger partial charge in [-0.25, -0.2) is 8.78 Å². The SMILES string of the molecule is CC(=O)c1cc(C(F)F)c(I)c(C(F)(F)F)c1. The molecule has 0 saturated carbocycles. The molecule has 7 heteroatoms. The second-order valence-electron chi connectivity index (χ2n) is 3.28. The molecule has 0 N–H and O–H groups in total. The Kier molecular flexibility index (Phi) is 4.11. The third-order valence-corrected chi connectivity index (χ3v) is 3.25. The molecular formula is C10H6F5IO. The van der Waals surface area contributed by atoms with E-state index in [-0.39, 0.29) is 5.56 Å². The minimum Gasteiger partial charge on any atom is -0.295 e. The van der Waals surface area contributed by atoms with E-state index >= 15 is 0 Å². The molecule has 0 fully saturated rings. The van der Waals surface area contributed by atoms with E-state index < -0.39 is 33.1 Å². The van der Waals surface area contributed by atoms with Gasteiger partial charge in [-0.15, -0.1) is 0 Å². The van der Waals surface area contributed by atoms with Crippen LogP contribution in [0.3, 0.4) is 0 Å². The van der Waals surface area contributed by atoms with Gasteiger partial charge in [-0.1, -0.05) is 0 Å². The van der Waals surface area contributed by atoms with Gasteiger partial charge < -0.3 is 0 Å². The average Bonchev–Trinajstić information content (AvgIpc) is 2.15. The summed E-state index contributed by atoms with van der Waals surface area (Å²) in [6.07, 6.45) is -7.81. The summed E-state index contributed by atoms with van der Waals surface area (Å²) in [5.74, 6) is -0.686. The van der Waals surface area contributed by atoms with E-state index in [9.17, 15) is 26.7 Å². The fourth-order valence-corrected chi connectivity index (χ4v) is 2.07. The zero-order valence-electron chi connectivity index (χ0n) is 8.41. The van der Waals surface area contributed by atoms with E-state index in [1.165, 1.54) is 22.6 Å². The van der Waals surface area contributed by atoms with E-state index in [0.717, 1.165) is 13.0 Å². The lowest BCUT2D eigenvalue weighted by molar-refractivity contribution is -0.138. The molecule has 1 aromatic carbocycles. The average molecular weight is 364 g/mol. The Balaban J connectivity index is 3.55. The monoisotopic (exact) mass is 364 g/mol. The Hall–Kier alpha value is -0.730. The number of Topliss-reactive ketones (excluding diaryl/α,β-unsaturated/α-hetero) is 1. The van der Waals surface area contributed by atoms with E-state index in [0.29, 0.717) is 6.07 Å². The smallest absolute Gasteiger partial charge is 0.295 e. The van der Waals surface area contributed by atoms with Gasteiger partial charge in [0.05, 0.1) is 5.56 Å². The molecule has 0 aliphatic rings. The molecule has 0 aromatic heterocycles. The number of hydrogen-bond donors (Lipinski definition) is 0. The van der Waals surface area contributed by atoms with Crippen LogP contribution < -0.4 is 0 Å². The van der Waals surface area contributed by atoms with Crippen molar-refractivity contribution in [3.63, 3.8) is 0 Å². The maximum Gasteiger partial charge on any atom is 0.417 e. The Morgan fingerprint density at radius 3 is 2.18 bits per heavy atom. The van der Waals surface area contributed by atoms with Gasteiger partial charge in [0.15, 0.2) is 5.78 Å². The highest BCUT2D eigenvalue weighted by Crippen LogP contribution is 2.37. The van der Waals surface area contributed by atoms with Crippen molar-refractivity contribution in [2.45, 2.75) is 19.5 Å². The standard InChI is InChI=1S/C10H6F5IO/c1-4(17)5-2-6(9(11)12)8(16)7(3-5)10(13,14)15/h2-3,9H,1H3. The van der Waals surface area contributed by atoms with E-state index in [2.05, 4.69) is 0 Å². The third kappa shape index (κ3) is 3.14. The topological polar surface area (TPSA) is 17.1 Å². The number of halogens is 6. The van der Waals surface area contributed by atoms with Gasteiger partial charge in [0.1, 0.15) is 0 Å². The molecule has 0 saturated heterocycles. The minimum absolute atomic E-state index is 0.368. The van der Waals surface area contributed by atoms with Crippen molar-refractivity contribution in [3.05, 3.63) is 32.4 Å². The van der Waals surface area contributed by atoms with Crippen molar-refractivity contribution >= 4 is 28.4 Å². The Labute approximate surface area is 107 Å². The number of carbonyl (C=O) groups is 1. The molecule has 1 rings (SSSR count). The van der Waals surface area contributed by atoms with Crippen molar-refractivity contribution in [3.8, 4) is 0 Å². The molecule has 0 aliphatic carbocycles.